The SMILES string of the molecule is CNC(=O)c1cccc(CCNC(=O)c2csc(CCN)n2)c1. The number of carbonyl (C=O) groups is 2. The highest BCUT2D eigenvalue weighted by molar-refractivity contribution is 7.09. The number of rotatable bonds is 7. The van der Waals surface area contributed by atoms with Gasteiger partial charge in [-0.1, -0.05) is 12.1 Å². The van der Waals surface area contributed by atoms with Gasteiger partial charge in [0.1, 0.15) is 5.69 Å². The summed E-state index contributed by atoms with van der Waals surface area (Å²) >= 11 is 1.44. The number of hydrogen-bond acceptors (Lipinski definition) is 5. The number of benzene rings is 1. The van der Waals surface area contributed by atoms with E-state index in [1.165, 1.54) is 11.3 Å². The van der Waals surface area contributed by atoms with E-state index in [-0.39, 0.29) is 11.8 Å². The summed E-state index contributed by atoms with van der Waals surface area (Å²) in [6, 6.07) is 7.35. The molecule has 0 unspecified atom stereocenters. The van der Waals surface area contributed by atoms with Crippen LogP contribution in [-0.2, 0) is 12.8 Å². The van der Waals surface area contributed by atoms with E-state index in [0.717, 1.165) is 10.6 Å². The molecule has 0 saturated carbocycles. The molecule has 4 N–H and O–H groups in total. The summed E-state index contributed by atoms with van der Waals surface area (Å²) in [5.41, 5.74) is 7.51. The fourth-order valence-corrected chi connectivity index (χ4v) is 2.87. The van der Waals surface area contributed by atoms with Crippen LogP contribution in [-0.4, -0.2) is 36.9 Å². The number of amides is 2. The van der Waals surface area contributed by atoms with Gasteiger partial charge in [-0.25, -0.2) is 4.98 Å². The minimum absolute atomic E-state index is 0.120. The summed E-state index contributed by atoms with van der Waals surface area (Å²) in [5.74, 6) is -0.308. The van der Waals surface area contributed by atoms with Crippen molar-refractivity contribution in [1.82, 2.24) is 15.6 Å². The fraction of sp³-hybridized carbons (Fsp3) is 0.312. The molecule has 0 saturated heterocycles. The van der Waals surface area contributed by atoms with Gasteiger partial charge in [-0.2, -0.15) is 0 Å². The van der Waals surface area contributed by atoms with Crippen LogP contribution in [0, 0.1) is 0 Å². The molecule has 0 aliphatic rings. The van der Waals surface area contributed by atoms with E-state index in [2.05, 4.69) is 15.6 Å². The van der Waals surface area contributed by atoms with Crippen molar-refractivity contribution in [2.24, 2.45) is 5.73 Å². The number of aromatic nitrogens is 1. The second-order valence-electron chi connectivity index (χ2n) is 4.95. The molecule has 0 aliphatic carbocycles. The van der Waals surface area contributed by atoms with Crippen molar-refractivity contribution in [3.63, 3.8) is 0 Å². The second-order valence-corrected chi connectivity index (χ2v) is 5.89. The van der Waals surface area contributed by atoms with Crippen LogP contribution in [0.4, 0.5) is 0 Å². The van der Waals surface area contributed by atoms with Crippen LogP contribution in [0.2, 0.25) is 0 Å². The summed E-state index contributed by atoms with van der Waals surface area (Å²) in [6.07, 6.45) is 1.33. The highest BCUT2D eigenvalue weighted by Gasteiger charge is 2.10. The van der Waals surface area contributed by atoms with Crippen LogP contribution in [0.1, 0.15) is 31.4 Å². The fourth-order valence-electron chi connectivity index (χ4n) is 2.08. The van der Waals surface area contributed by atoms with E-state index in [1.807, 2.05) is 18.2 Å². The number of carbonyl (C=O) groups excluding carboxylic acids is 2. The predicted molar refractivity (Wildman–Crippen MR) is 90.7 cm³/mol. The van der Waals surface area contributed by atoms with Gasteiger partial charge >= 0.3 is 0 Å². The molecule has 6 nitrogen and oxygen atoms in total. The highest BCUT2D eigenvalue weighted by atomic mass is 32.1. The van der Waals surface area contributed by atoms with E-state index in [4.69, 9.17) is 5.73 Å². The van der Waals surface area contributed by atoms with Crippen LogP contribution >= 0.6 is 11.3 Å². The Morgan fingerprint density at radius 3 is 2.83 bits per heavy atom. The number of nitrogens with one attached hydrogen (secondary N) is 2. The second kappa shape index (κ2) is 8.40. The largest absolute Gasteiger partial charge is 0.355 e. The Kier molecular flexibility index (Phi) is 6.25. The highest BCUT2D eigenvalue weighted by Crippen LogP contribution is 2.10. The van der Waals surface area contributed by atoms with Crippen LogP contribution in [0.15, 0.2) is 29.6 Å². The van der Waals surface area contributed by atoms with E-state index < -0.39 is 0 Å². The molecule has 1 aromatic carbocycles. The lowest BCUT2D eigenvalue weighted by Crippen LogP contribution is -2.26. The van der Waals surface area contributed by atoms with E-state index in [1.54, 1.807) is 18.5 Å². The molecule has 0 radical (unpaired) electrons. The third kappa shape index (κ3) is 4.87. The van der Waals surface area contributed by atoms with Gasteiger partial charge in [-0.3, -0.25) is 9.59 Å². The maximum atomic E-state index is 12.0. The molecule has 2 amide bonds. The Balaban J connectivity index is 1.86. The Morgan fingerprint density at radius 2 is 2.09 bits per heavy atom. The molecule has 0 fully saturated rings. The molecule has 122 valence electrons. The van der Waals surface area contributed by atoms with Crippen molar-refractivity contribution in [3.05, 3.63) is 51.5 Å². The number of nitrogens with zero attached hydrogens (tertiary/aromatic N) is 1. The van der Waals surface area contributed by atoms with Crippen molar-refractivity contribution >= 4 is 23.2 Å². The minimum Gasteiger partial charge on any atom is -0.355 e. The lowest BCUT2D eigenvalue weighted by molar-refractivity contribution is 0.0945. The van der Waals surface area contributed by atoms with Gasteiger partial charge in [0.05, 0.1) is 5.01 Å². The van der Waals surface area contributed by atoms with Crippen molar-refractivity contribution in [1.29, 1.82) is 0 Å². The predicted octanol–water partition coefficient (Wildman–Crippen LogP) is 0.976. The van der Waals surface area contributed by atoms with Crippen LogP contribution in [0.25, 0.3) is 0 Å². The Bertz CT molecular complexity index is 684. The molecular weight excluding hydrogens is 312 g/mol. The summed E-state index contributed by atoms with van der Waals surface area (Å²) in [4.78, 5) is 27.9. The summed E-state index contributed by atoms with van der Waals surface area (Å²) in [6.45, 7) is 1.01. The molecule has 0 atom stereocenters. The smallest absolute Gasteiger partial charge is 0.270 e. The molecule has 0 aliphatic heterocycles. The molecule has 7 heteroatoms. The first kappa shape index (κ1) is 17.1. The van der Waals surface area contributed by atoms with Gasteiger partial charge in [-0.15, -0.1) is 11.3 Å². The number of nitrogens with two attached hydrogens (primary N) is 1. The maximum absolute atomic E-state index is 12.0. The lowest BCUT2D eigenvalue weighted by atomic mass is 10.1. The topological polar surface area (TPSA) is 97.1 Å². The monoisotopic (exact) mass is 332 g/mol. The average Bonchev–Trinajstić information content (AvgIpc) is 3.03. The first-order valence-corrected chi connectivity index (χ1v) is 8.25. The molecule has 23 heavy (non-hydrogen) atoms. The van der Waals surface area contributed by atoms with Gasteiger partial charge in [0.25, 0.3) is 11.8 Å². The van der Waals surface area contributed by atoms with Crippen molar-refractivity contribution in [2.45, 2.75) is 12.8 Å². The zero-order valence-corrected chi connectivity index (χ0v) is 13.8. The normalized spacial score (nSPS) is 10.3. The summed E-state index contributed by atoms with van der Waals surface area (Å²) in [5, 5.41) is 8.05. The first-order valence-electron chi connectivity index (χ1n) is 7.37. The van der Waals surface area contributed by atoms with Crippen LogP contribution in [0.5, 0.6) is 0 Å². The molecule has 1 aromatic heterocycles. The Hall–Kier alpha value is -2.25. The molecule has 2 aromatic rings. The van der Waals surface area contributed by atoms with E-state index >= 15 is 0 Å². The summed E-state index contributed by atoms with van der Waals surface area (Å²) < 4.78 is 0. The van der Waals surface area contributed by atoms with Crippen molar-refractivity contribution in [3.8, 4) is 0 Å². The van der Waals surface area contributed by atoms with Gasteiger partial charge in [-0.05, 0) is 30.7 Å². The maximum Gasteiger partial charge on any atom is 0.270 e. The van der Waals surface area contributed by atoms with Crippen molar-refractivity contribution in [2.75, 3.05) is 20.1 Å². The molecule has 0 spiro atoms. The van der Waals surface area contributed by atoms with Gasteiger partial charge in [0.2, 0.25) is 0 Å². The number of hydrogen-bond donors (Lipinski definition) is 3. The zero-order valence-electron chi connectivity index (χ0n) is 13.0. The van der Waals surface area contributed by atoms with Crippen LogP contribution < -0.4 is 16.4 Å². The standard InChI is InChI=1S/C16H20N4O2S/c1-18-15(21)12-4-2-3-11(9-12)6-8-19-16(22)13-10-23-14(20-13)5-7-17/h2-4,9-10H,5-8,17H2,1H3,(H,18,21)(H,19,22). The van der Waals surface area contributed by atoms with Gasteiger partial charge in [0.15, 0.2) is 0 Å². The lowest BCUT2D eigenvalue weighted by Gasteiger charge is -2.06. The third-order valence-corrected chi connectivity index (χ3v) is 4.17. The van der Waals surface area contributed by atoms with E-state index in [0.29, 0.717) is 37.2 Å². The molecule has 2 rings (SSSR count). The Labute approximate surface area is 139 Å². The zero-order chi connectivity index (χ0) is 16.7. The van der Waals surface area contributed by atoms with Gasteiger partial charge < -0.3 is 16.4 Å². The quantitative estimate of drug-likeness (QED) is 0.704. The molecule has 1 heterocycles. The van der Waals surface area contributed by atoms with E-state index in [9.17, 15) is 9.59 Å². The van der Waals surface area contributed by atoms with Crippen LogP contribution in [0.3, 0.4) is 0 Å². The first-order chi connectivity index (χ1) is 11.1. The van der Waals surface area contributed by atoms with Crippen molar-refractivity contribution < 1.29 is 9.59 Å². The molecular formula is C16H20N4O2S. The number of thiazole rings is 1. The average molecular weight is 332 g/mol. The summed E-state index contributed by atoms with van der Waals surface area (Å²) in [7, 11) is 1.60. The third-order valence-electron chi connectivity index (χ3n) is 3.26. The van der Waals surface area contributed by atoms with Gasteiger partial charge in [0, 0.05) is 31.0 Å². The minimum atomic E-state index is -0.188. The molecule has 0 bridgehead atoms. The Morgan fingerprint density at radius 1 is 1.26 bits per heavy atom.